The first-order valence-electron chi connectivity index (χ1n) is 16.9. The van der Waals surface area contributed by atoms with Crippen molar-refractivity contribution in [3.05, 3.63) is 77.5 Å². The number of hydrogen-bond donors (Lipinski definition) is 3. The summed E-state index contributed by atoms with van der Waals surface area (Å²) in [5, 5.41) is 11.9. The standard InChI is InChI=1S/C36H44N8O4/c1-23(2)19-30-34-38-24(3)41-44(34)18-17-42(36(48)25-9-6-10-27(20-25)43-16-8-14-33(43)46)15-7-13-32(45)39-31(35(47)40-30)21-26-22-37-29-12-5-4-11-28(26)29/h4-6,9-12,20,22-23,30-31,37H,7-8,13-19,21H2,1-3H3,(H,39,45)(H,40,47)/t30-,31+/m0/s1. The molecule has 0 unspecified atom stereocenters. The summed E-state index contributed by atoms with van der Waals surface area (Å²) in [4.78, 5) is 65.2. The molecule has 0 radical (unpaired) electrons. The first-order chi connectivity index (χ1) is 23.2. The van der Waals surface area contributed by atoms with Crippen molar-refractivity contribution in [2.75, 3.05) is 24.5 Å². The Morgan fingerprint density at radius 3 is 2.54 bits per heavy atom. The van der Waals surface area contributed by atoms with Crippen LogP contribution in [0.2, 0.25) is 0 Å². The van der Waals surface area contributed by atoms with Crippen LogP contribution in [0.15, 0.2) is 54.7 Å². The number of fused-ring (bicyclic) bond motifs is 2. The SMILES string of the molecule is Cc1nc2n(n1)CCN(C(=O)c1cccc(N3CCCC3=O)c1)CCCC(=O)N[C@H](Cc1c[nH]c3ccccc13)C(=O)N[C@H]2CC(C)C. The number of hydrogen-bond acceptors (Lipinski definition) is 6. The van der Waals surface area contributed by atoms with Gasteiger partial charge in [0.25, 0.3) is 5.91 Å². The zero-order chi connectivity index (χ0) is 33.8. The third-order valence-corrected chi connectivity index (χ3v) is 9.07. The molecule has 2 aliphatic rings. The molecule has 0 bridgehead atoms. The molecule has 0 saturated carbocycles. The Bertz CT molecular complexity index is 1810. The van der Waals surface area contributed by atoms with Gasteiger partial charge in [-0.2, -0.15) is 5.10 Å². The van der Waals surface area contributed by atoms with Gasteiger partial charge in [-0.3, -0.25) is 19.2 Å². The van der Waals surface area contributed by atoms with Gasteiger partial charge in [0, 0.05) is 67.2 Å². The van der Waals surface area contributed by atoms with Crippen LogP contribution in [0.1, 0.15) is 79.6 Å². The molecule has 0 spiro atoms. The Hall–Kier alpha value is -5.00. The third-order valence-electron chi connectivity index (χ3n) is 9.07. The van der Waals surface area contributed by atoms with Gasteiger partial charge in [-0.1, -0.05) is 38.1 Å². The fourth-order valence-corrected chi connectivity index (χ4v) is 6.73. The number of para-hydroxylation sites is 1. The summed E-state index contributed by atoms with van der Waals surface area (Å²) in [6.07, 6.45) is 4.66. The lowest BCUT2D eigenvalue weighted by atomic mass is 10.0. The van der Waals surface area contributed by atoms with Gasteiger partial charge >= 0.3 is 0 Å². The van der Waals surface area contributed by atoms with Crippen LogP contribution in [0.3, 0.4) is 0 Å². The zero-order valence-corrected chi connectivity index (χ0v) is 27.9. The number of nitrogens with one attached hydrogen (secondary N) is 3. The monoisotopic (exact) mass is 652 g/mol. The smallest absolute Gasteiger partial charge is 0.253 e. The number of aryl methyl sites for hydroxylation is 1. The average Bonchev–Trinajstić information content (AvgIpc) is 3.79. The predicted octanol–water partition coefficient (Wildman–Crippen LogP) is 4.06. The lowest BCUT2D eigenvalue weighted by Crippen LogP contribution is -2.49. The van der Waals surface area contributed by atoms with Crippen molar-refractivity contribution in [1.82, 2.24) is 35.3 Å². The van der Waals surface area contributed by atoms with E-state index in [-0.39, 0.29) is 36.0 Å². The zero-order valence-electron chi connectivity index (χ0n) is 27.9. The van der Waals surface area contributed by atoms with E-state index in [1.807, 2.05) is 43.5 Å². The van der Waals surface area contributed by atoms with E-state index in [0.717, 1.165) is 22.9 Å². The van der Waals surface area contributed by atoms with E-state index in [0.29, 0.717) is 74.8 Å². The largest absolute Gasteiger partial charge is 0.361 e. The molecule has 48 heavy (non-hydrogen) atoms. The molecule has 12 nitrogen and oxygen atoms in total. The number of aromatic nitrogens is 4. The molecule has 2 atom stereocenters. The summed E-state index contributed by atoms with van der Waals surface area (Å²) < 4.78 is 1.79. The summed E-state index contributed by atoms with van der Waals surface area (Å²) in [5.74, 6) is 0.759. The van der Waals surface area contributed by atoms with Crippen molar-refractivity contribution in [1.29, 1.82) is 0 Å². The van der Waals surface area contributed by atoms with Gasteiger partial charge in [0.1, 0.15) is 17.7 Å². The highest BCUT2D eigenvalue weighted by molar-refractivity contribution is 5.99. The van der Waals surface area contributed by atoms with Crippen LogP contribution in [-0.2, 0) is 27.3 Å². The summed E-state index contributed by atoms with van der Waals surface area (Å²) in [6.45, 7) is 7.64. The quantitative estimate of drug-likeness (QED) is 0.287. The third kappa shape index (κ3) is 7.42. The molecule has 2 aromatic heterocycles. The number of amides is 4. The molecular weight excluding hydrogens is 608 g/mol. The van der Waals surface area contributed by atoms with Crippen LogP contribution >= 0.6 is 0 Å². The van der Waals surface area contributed by atoms with Crippen molar-refractivity contribution in [3.63, 3.8) is 0 Å². The van der Waals surface area contributed by atoms with E-state index in [9.17, 15) is 19.2 Å². The van der Waals surface area contributed by atoms with Gasteiger partial charge in [0.05, 0.1) is 12.6 Å². The summed E-state index contributed by atoms with van der Waals surface area (Å²) in [7, 11) is 0. The van der Waals surface area contributed by atoms with Gasteiger partial charge in [-0.25, -0.2) is 9.67 Å². The Balaban J connectivity index is 1.29. The lowest BCUT2D eigenvalue weighted by molar-refractivity contribution is -0.129. The molecule has 4 amide bonds. The number of aromatic amines is 1. The maximum atomic E-state index is 14.0. The Morgan fingerprint density at radius 1 is 0.938 bits per heavy atom. The number of nitrogens with zero attached hydrogens (tertiary/aromatic N) is 5. The molecule has 6 rings (SSSR count). The van der Waals surface area contributed by atoms with Gasteiger partial charge in [-0.15, -0.1) is 0 Å². The van der Waals surface area contributed by atoms with Gasteiger partial charge < -0.3 is 25.4 Å². The number of carbonyl (C=O) groups excluding carboxylic acids is 4. The normalized spacial score (nSPS) is 19.7. The number of H-pyrrole nitrogens is 1. The predicted molar refractivity (Wildman–Crippen MR) is 182 cm³/mol. The maximum Gasteiger partial charge on any atom is 0.253 e. The van der Waals surface area contributed by atoms with E-state index < -0.39 is 12.1 Å². The molecule has 4 heterocycles. The molecule has 1 fully saturated rings. The fourth-order valence-electron chi connectivity index (χ4n) is 6.73. The van der Waals surface area contributed by atoms with Crippen LogP contribution < -0.4 is 15.5 Å². The molecule has 2 aromatic carbocycles. The number of benzene rings is 2. The fraction of sp³-hybridized carbons (Fsp3) is 0.444. The minimum Gasteiger partial charge on any atom is -0.361 e. The van der Waals surface area contributed by atoms with Crippen molar-refractivity contribution < 1.29 is 19.2 Å². The highest BCUT2D eigenvalue weighted by Gasteiger charge is 2.30. The van der Waals surface area contributed by atoms with E-state index in [2.05, 4.69) is 34.6 Å². The van der Waals surface area contributed by atoms with Gasteiger partial charge in [-0.05, 0) is 61.9 Å². The van der Waals surface area contributed by atoms with Crippen LogP contribution in [0.5, 0.6) is 0 Å². The first kappa shape index (κ1) is 32.9. The molecule has 1 saturated heterocycles. The second kappa shape index (κ2) is 14.4. The lowest BCUT2D eigenvalue weighted by Gasteiger charge is -2.27. The minimum absolute atomic E-state index is 0.0593. The van der Waals surface area contributed by atoms with E-state index in [1.54, 1.807) is 32.7 Å². The Labute approximate surface area is 280 Å². The number of anilines is 1. The minimum atomic E-state index is -0.819. The van der Waals surface area contributed by atoms with E-state index in [1.165, 1.54) is 0 Å². The summed E-state index contributed by atoms with van der Waals surface area (Å²) >= 11 is 0. The van der Waals surface area contributed by atoms with Crippen molar-refractivity contribution in [2.45, 2.75) is 77.9 Å². The number of rotatable bonds is 6. The molecular formula is C36H44N8O4. The molecule has 0 aliphatic carbocycles. The second-order valence-electron chi connectivity index (χ2n) is 13.2. The second-order valence-corrected chi connectivity index (χ2v) is 13.2. The average molecular weight is 653 g/mol. The van der Waals surface area contributed by atoms with Crippen molar-refractivity contribution >= 4 is 40.2 Å². The van der Waals surface area contributed by atoms with Crippen molar-refractivity contribution in [3.8, 4) is 0 Å². The number of carbonyl (C=O) groups is 4. The molecule has 12 heteroatoms. The maximum absolute atomic E-state index is 14.0. The topological polar surface area (TPSA) is 145 Å². The van der Waals surface area contributed by atoms with Crippen LogP contribution in [0, 0.1) is 12.8 Å². The highest BCUT2D eigenvalue weighted by atomic mass is 16.2. The Morgan fingerprint density at radius 2 is 1.75 bits per heavy atom. The van der Waals surface area contributed by atoms with Crippen molar-refractivity contribution in [2.24, 2.45) is 5.92 Å². The first-order valence-corrected chi connectivity index (χ1v) is 16.9. The van der Waals surface area contributed by atoms with Gasteiger partial charge in [0.2, 0.25) is 17.7 Å². The summed E-state index contributed by atoms with van der Waals surface area (Å²) in [6, 6.07) is 13.8. The van der Waals surface area contributed by atoms with Gasteiger partial charge in [0.15, 0.2) is 0 Å². The molecule has 3 N–H and O–H groups in total. The molecule has 4 aromatic rings. The van der Waals surface area contributed by atoms with Crippen LogP contribution in [0.4, 0.5) is 5.69 Å². The van der Waals surface area contributed by atoms with Crippen LogP contribution in [0.25, 0.3) is 10.9 Å². The molecule has 252 valence electrons. The summed E-state index contributed by atoms with van der Waals surface area (Å²) in [5.41, 5.74) is 3.09. The van der Waals surface area contributed by atoms with E-state index >= 15 is 0 Å². The molecule has 2 aliphatic heterocycles. The Kier molecular flexibility index (Phi) is 9.88. The van der Waals surface area contributed by atoms with E-state index in [4.69, 9.17) is 4.98 Å². The highest BCUT2D eigenvalue weighted by Crippen LogP contribution is 2.25. The van der Waals surface area contributed by atoms with Crippen LogP contribution in [-0.4, -0.2) is 74.0 Å².